The number of hydrogen-bond acceptors (Lipinski definition) is 2. The number of benzene rings is 2. The summed E-state index contributed by atoms with van der Waals surface area (Å²) in [5.74, 6) is 0.845. The number of rotatable bonds is 5. The first-order valence-corrected chi connectivity index (χ1v) is 7.82. The van der Waals surface area contributed by atoms with Gasteiger partial charge in [-0.3, -0.25) is 0 Å². The number of nitrogens with one attached hydrogen (secondary N) is 2. The minimum atomic E-state index is 0.208. The lowest BCUT2D eigenvalue weighted by Crippen LogP contribution is -2.32. The summed E-state index contributed by atoms with van der Waals surface area (Å²) >= 11 is 5.45. The third kappa shape index (κ3) is 4.21. The smallest absolute Gasteiger partial charge is 0.171 e. The second-order valence-corrected chi connectivity index (χ2v) is 5.56. The third-order valence-electron chi connectivity index (χ3n) is 3.60. The molecule has 4 heteroatoms. The average molecular weight is 314 g/mol. The van der Waals surface area contributed by atoms with Crippen molar-refractivity contribution in [3.63, 3.8) is 0 Å². The molecule has 0 bridgehead atoms. The van der Waals surface area contributed by atoms with Gasteiger partial charge in [0.2, 0.25) is 0 Å². The van der Waals surface area contributed by atoms with Gasteiger partial charge in [0.15, 0.2) is 5.11 Å². The Hall–Kier alpha value is -2.07. The van der Waals surface area contributed by atoms with Crippen molar-refractivity contribution in [1.29, 1.82) is 0 Å². The van der Waals surface area contributed by atoms with Crippen molar-refractivity contribution >= 4 is 23.0 Å². The number of methoxy groups -OCH3 is 1. The fraction of sp³-hybridized carbons (Fsp3) is 0.278. The van der Waals surface area contributed by atoms with E-state index in [4.69, 9.17) is 17.0 Å². The quantitative estimate of drug-likeness (QED) is 0.799. The molecule has 116 valence electrons. The van der Waals surface area contributed by atoms with Gasteiger partial charge in [-0.25, -0.2) is 0 Å². The second kappa shape index (κ2) is 7.80. The zero-order chi connectivity index (χ0) is 15.9. The lowest BCUT2D eigenvalue weighted by atomic mass is 10.1. The fourth-order valence-electron chi connectivity index (χ4n) is 2.33. The molecular weight excluding hydrogens is 292 g/mol. The zero-order valence-corrected chi connectivity index (χ0v) is 14.0. The molecule has 2 rings (SSSR count). The molecule has 0 aromatic heterocycles. The molecule has 0 aliphatic heterocycles. The molecule has 1 atom stereocenters. The molecule has 2 N–H and O–H groups in total. The normalized spacial score (nSPS) is 11.6. The molecule has 2 aromatic rings. The van der Waals surface area contributed by atoms with Gasteiger partial charge in [0.05, 0.1) is 13.2 Å². The Balaban J connectivity index is 2.03. The van der Waals surface area contributed by atoms with Gasteiger partial charge in [-0.05, 0) is 54.9 Å². The van der Waals surface area contributed by atoms with Gasteiger partial charge < -0.3 is 15.4 Å². The number of thiocarbonyl (C=S) groups is 1. The fourth-order valence-corrected chi connectivity index (χ4v) is 2.58. The van der Waals surface area contributed by atoms with Crippen molar-refractivity contribution in [2.45, 2.75) is 26.3 Å². The Labute approximate surface area is 137 Å². The van der Waals surface area contributed by atoms with Crippen LogP contribution in [0.25, 0.3) is 0 Å². The van der Waals surface area contributed by atoms with Crippen LogP contribution in [0, 0.1) is 6.92 Å². The standard InChI is InChI=1S/C18H22N2OS/c1-4-16(14-8-6-5-7-9-14)19-18(22)20-17-11-10-15(21-3)12-13(17)2/h5-12,16H,4H2,1-3H3,(H2,19,20,22). The Kier molecular flexibility index (Phi) is 5.78. The van der Waals surface area contributed by atoms with Crippen LogP contribution in [0.4, 0.5) is 5.69 Å². The van der Waals surface area contributed by atoms with Crippen molar-refractivity contribution in [2.24, 2.45) is 0 Å². The van der Waals surface area contributed by atoms with E-state index in [-0.39, 0.29) is 6.04 Å². The van der Waals surface area contributed by atoms with Crippen LogP contribution in [-0.4, -0.2) is 12.2 Å². The third-order valence-corrected chi connectivity index (χ3v) is 3.82. The van der Waals surface area contributed by atoms with Crippen molar-refractivity contribution < 1.29 is 4.74 Å². The van der Waals surface area contributed by atoms with Crippen LogP contribution in [0.1, 0.15) is 30.5 Å². The second-order valence-electron chi connectivity index (χ2n) is 5.15. The molecule has 2 aromatic carbocycles. The number of aryl methyl sites for hydroxylation is 1. The van der Waals surface area contributed by atoms with E-state index in [0.717, 1.165) is 23.4 Å². The highest BCUT2D eigenvalue weighted by Gasteiger charge is 2.10. The van der Waals surface area contributed by atoms with Gasteiger partial charge in [0.1, 0.15) is 5.75 Å². The summed E-state index contributed by atoms with van der Waals surface area (Å²) in [5.41, 5.74) is 3.32. The summed E-state index contributed by atoms with van der Waals surface area (Å²) in [5, 5.41) is 7.27. The Morgan fingerprint density at radius 3 is 2.50 bits per heavy atom. The van der Waals surface area contributed by atoms with Crippen LogP contribution in [0.2, 0.25) is 0 Å². The maximum Gasteiger partial charge on any atom is 0.171 e. The Morgan fingerprint density at radius 2 is 1.91 bits per heavy atom. The number of hydrogen-bond donors (Lipinski definition) is 2. The minimum Gasteiger partial charge on any atom is -0.497 e. The summed E-state index contributed by atoms with van der Waals surface area (Å²) in [6.07, 6.45) is 0.966. The molecule has 22 heavy (non-hydrogen) atoms. The van der Waals surface area contributed by atoms with Crippen LogP contribution in [0.5, 0.6) is 5.75 Å². The first-order valence-electron chi connectivity index (χ1n) is 7.41. The Morgan fingerprint density at radius 1 is 1.18 bits per heavy atom. The summed E-state index contributed by atoms with van der Waals surface area (Å²) < 4.78 is 5.22. The molecule has 0 spiro atoms. The van der Waals surface area contributed by atoms with Crippen LogP contribution in [0.3, 0.4) is 0 Å². The maximum absolute atomic E-state index is 5.45. The van der Waals surface area contributed by atoms with E-state index in [2.05, 4.69) is 29.7 Å². The van der Waals surface area contributed by atoms with Gasteiger partial charge in [-0.15, -0.1) is 0 Å². The van der Waals surface area contributed by atoms with Crippen molar-refractivity contribution in [1.82, 2.24) is 5.32 Å². The monoisotopic (exact) mass is 314 g/mol. The molecule has 0 radical (unpaired) electrons. The molecule has 0 saturated carbocycles. The lowest BCUT2D eigenvalue weighted by molar-refractivity contribution is 0.414. The van der Waals surface area contributed by atoms with Crippen LogP contribution >= 0.6 is 12.2 Å². The zero-order valence-electron chi connectivity index (χ0n) is 13.2. The van der Waals surface area contributed by atoms with Crippen molar-refractivity contribution in [2.75, 3.05) is 12.4 Å². The van der Waals surface area contributed by atoms with E-state index in [1.54, 1.807) is 7.11 Å². The first-order chi connectivity index (χ1) is 10.6. The molecule has 0 aliphatic rings. The van der Waals surface area contributed by atoms with E-state index in [0.29, 0.717) is 5.11 Å². The predicted octanol–water partition coefficient (Wildman–Crippen LogP) is 4.44. The highest BCUT2D eigenvalue weighted by atomic mass is 32.1. The highest BCUT2D eigenvalue weighted by molar-refractivity contribution is 7.80. The molecule has 0 aliphatic carbocycles. The van der Waals surface area contributed by atoms with Crippen LogP contribution < -0.4 is 15.4 Å². The summed E-state index contributed by atoms with van der Waals surface area (Å²) in [4.78, 5) is 0. The van der Waals surface area contributed by atoms with Gasteiger partial charge in [0, 0.05) is 5.69 Å². The van der Waals surface area contributed by atoms with Crippen LogP contribution in [-0.2, 0) is 0 Å². The van der Waals surface area contributed by atoms with E-state index in [1.807, 2.05) is 43.3 Å². The van der Waals surface area contributed by atoms with Crippen molar-refractivity contribution in [3.8, 4) is 5.75 Å². The lowest BCUT2D eigenvalue weighted by Gasteiger charge is -2.20. The maximum atomic E-state index is 5.45. The molecule has 0 fully saturated rings. The topological polar surface area (TPSA) is 33.3 Å². The minimum absolute atomic E-state index is 0.208. The molecular formula is C18H22N2OS. The molecule has 0 amide bonds. The SMILES string of the molecule is CCC(NC(=S)Nc1ccc(OC)cc1C)c1ccccc1. The average Bonchev–Trinajstić information content (AvgIpc) is 2.55. The summed E-state index contributed by atoms with van der Waals surface area (Å²) in [6, 6.07) is 16.4. The van der Waals surface area contributed by atoms with Gasteiger partial charge in [0.25, 0.3) is 0 Å². The van der Waals surface area contributed by atoms with Crippen LogP contribution in [0.15, 0.2) is 48.5 Å². The van der Waals surface area contributed by atoms with E-state index in [9.17, 15) is 0 Å². The summed E-state index contributed by atoms with van der Waals surface area (Å²) in [7, 11) is 1.67. The Bertz CT molecular complexity index is 628. The molecule has 3 nitrogen and oxygen atoms in total. The van der Waals surface area contributed by atoms with Crippen molar-refractivity contribution in [3.05, 3.63) is 59.7 Å². The van der Waals surface area contributed by atoms with Gasteiger partial charge in [-0.1, -0.05) is 37.3 Å². The molecule has 1 unspecified atom stereocenters. The highest BCUT2D eigenvalue weighted by Crippen LogP contribution is 2.21. The van der Waals surface area contributed by atoms with E-state index < -0.39 is 0 Å². The first kappa shape index (κ1) is 16.3. The number of ether oxygens (including phenoxy) is 1. The molecule has 0 heterocycles. The van der Waals surface area contributed by atoms with E-state index in [1.165, 1.54) is 5.56 Å². The molecule has 0 saturated heterocycles. The predicted molar refractivity (Wildman–Crippen MR) is 96.6 cm³/mol. The van der Waals surface area contributed by atoms with E-state index >= 15 is 0 Å². The summed E-state index contributed by atoms with van der Waals surface area (Å²) in [6.45, 7) is 4.17. The number of anilines is 1. The largest absolute Gasteiger partial charge is 0.497 e. The van der Waals surface area contributed by atoms with Gasteiger partial charge >= 0.3 is 0 Å². The van der Waals surface area contributed by atoms with Gasteiger partial charge in [-0.2, -0.15) is 0 Å².